The van der Waals surface area contributed by atoms with E-state index in [0.717, 1.165) is 19.5 Å². The highest BCUT2D eigenvalue weighted by molar-refractivity contribution is 5.75. The van der Waals surface area contributed by atoms with Gasteiger partial charge in [-0.2, -0.15) is 0 Å². The molecule has 0 unspecified atom stereocenters. The molecule has 1 aromatic heterocycles. The number of nitro benzene ring substituents is 1. The predicted octanol–water partition coefficient (Wildman–Crippen LogP) is 1.50. The number of hydrogen-bond acceptors (Lipinski definition) is 5. The lowest BCUT2D eigenvalue weighted by Crippen LogP contribution is -2.20. The molecule has 1 aromatic carbocycles. The van der Waals surface area contributed by atoms with E-state index in [-0.39, 0.29) is 5.69 Å². The molecule has 0 spiro atoms. The van der Waals surface area contributed by atoms with Crippen molar-refractivity contribution < 1.29 is 9.34 Å². The van der Waals surface area contributed by atoms with Crippen LogP contribution in [0.1, 0.15) is 13.3 Å². The minimum atomic E-state index is -0.486. The van der Waals surface area contributed by atoms with Gasteiger partial charge in [0.15, 0.2) is 5.58 Å². The zero-order chi connectivity index (χ0) is 13.8. The van der Waals surface area contributed by atoms with Crippen molar-refractivity contribution in [1.82, 2.24) is 9.88 Å². The number of hydrogen-bond donors (Lipinski definition) is 1. The molecule has 0 bridgehead atoms. The van der Waals surface area contributed by atoms with Gasteiger partial charge < -0.3 is 9.73 Å². The molecule has 102 valence electrons. The van der Waals surface area contributed by atoms with Gasteiger partial charge in [-0.1, -0.05) is 6.92 Å². The maximum atomic E-state index is 11.7. The van der Waals surface area contributed by atoms with Gasteiger partial charge in [0.25, 0.3) is 5.69 Å². The highest BCUT2D eigenvalue weighted by Crippen LogP contribution is 2.20. The largest absolute Gasteiger partial charge is 0.419 e. The number of nitro groups is 1. The Hall–Kier alpha value is -2.15. The number of nitrogens with one attached hydrogen (secondary N) is 1. The molecule has 2 aromatic rings. The fraction of sp³-hybridized carbons (Fsp3) is 0.417. The maximum absolute atomic E-state index is 11.7. The van der Waals surface area contributed by atoms with Crippen molar-refractivity contribution in [2.24, 2.45) is 0 Å². The van der Waals surface area contributed by atoms with Gasteiger partial charge in [-0.3, -0.25) is 14.7 Å². The first-order valence-electron chi connectivity index (χ1n) is 6.12. The molecule has 0 amide bonds. The van der Waals surface area contributed by atoms with Gasteiger partial charge in [0.05, 0.1) is 10.4 Å². The van der Waals surface area contributed by atoms with E-state index < -0.39 is 10.7 Å². The Morgan fingerprint density at radius 3 is 2.95 bits per heavy atom. The highest BCUT2D eigenvalue weighted by atomic mass is 16.6. The molecular formula is C12H15N3O4. The molecule has 7 nitrogen and oxygen atoms in total. The third-order valence-corrected chi connectivity index (χ3v) is 2.85. The molecule has 0 aliphatic rings. The summed E-state index contributed by atoms with van der Waals surface area (Å²) in [7, 11) is 0. The van der Waals surface area contributed by atoms with Crippen LogP contribution in [0.4, 0.5) is 5.69 Å². The Labute approximate surface area is 109 Å². The van der Waals surface area contributed by atoms with Gasteiger partial charge in [0.1, 0.15) is 0 Å². The van der Waals surface area contributed by atoms with Crippen molar-refractivity contribution in [3.8, 4) is 0 Å². The number of rotatable bonds is 6. The van der Waals surface area contributed by atoms with Gasteiger partial charge in [0, 0.05) is 18.7 Å². The van der Waals surface area contributed by atoms with Crippen molar-refractivity contribution in [2.45, 2.75) is 19.9 Å². The van der Waals surface area contributed by atoms with Gasteiger partial charge in [-0.25, -0.2) is 4.79 Å². The van der Waals surface area contributed by atoms with Gasteiger partial charge in [-0.15, -0.1) is 0 Å². The van der Waals surface area contributed by atoms with Crippen molar-refractivity contribution in [2.75, 3.05) is 13.1 Å². The number of aromatic nitrogens is 1. The van der Waals surface area contributed by atoms with E-state index >= 15 is 0 Å². The second-order valence-electron chi connectivity index (χ2n) is 4.14. The van der Waals surface area contributed by atoms with E-state index in [1.165, 1.54) is 22.8 Å². The molecule has 0 radical (unpaired) electrons. The molecule has 0 fully saturated rings. The summed E-state index contributed by atoms with van der Waals surface area (Å²) in [6.45, 7) is 4.12. The first-order chi connectivity index (χ1) is 9.13. The summed E-state index contributed by atoms with van der Waals surface area (Å²) in [6, 6.07) is 4.15. The predicted molar refractivity (Wildman–Crippen MR) is 70.3 cm³/mol. The van der Waals surface area contributed by atoms with Crippen LogP contribution in [-0.2, 0) is 6.54 Å². The van der Waals surface area contributed by atoms with Crippen LogP contribution in [0.5, 0.6) is 0 Å². The van der Waals surface area contributed by atoms with E-state index in [0.29, 0.717) is 17.6 Å². The van der Waals surface area contributed by atoms with Crippen molar-refractivity contribution >= 4 is 16.8 Å². The topological polar surface area (TPSA) is 90.3 Å². The van der Waals surface area contributed by atoms with Crippen LogP contribution in [0.25, 0.3) is 11.1 Å². The SMILES string of the molecule is CCNCCCn1c(=O)oc2ccc([N+](=O)[O-])cc21. The smallest absolute Gasteiger partial charge is 0.408 e. The van der Waals surface area contributed by atoms with Gasteiger partial charge in [-0.05, 0) is 25.6 Å². The second kappa shape index (κ2) is 5.66. The molecule has 0 atom stereocenters. The minimum Gasteiger partial charge on any atom is -0.408 e. The molecular weight excluding hydrogens is 250 g/mol. The Morgan fingerprint density at radius 2 is 2.26 bits per heavy atom. The van der Waals surface area contributed by atoms with Crippen molar-refractivity contribution in [3.63, 3.8) is 0 Å². The molecule has 0 saturated carbocycles. The lowest BCUT2D eigenvalue weighted by molar-refractivity contribution is -0.384. The standard InChI is InChI=1S/C12H15N3O4/c1-2-13-6-3-7-14-10-8-9(15(17)18)4-5-11(10)19-12(14)16/h4-5,8,13H,2-3,6-7H2,1H3. The first-order valence-corrected chi connectivity index (χ1v) is 6.12. The summed E-state index contributed by atoms with van der Waals surface area (Å²) < 4.78 is 6.49. The summed E-state index contributed by atoms with van der Waals surface area (Å²) in [5, 5.41) is 13.9. The highest BCUT2D eigenvalue weighted by Gasteiger charge is 2.13. The lowest BCUT2D eigenvalue weighted by Gasteiger charge is -2.02. The van der Waals surface area contributed by atoms with E-state index in [1.54, 1.807) is 0 Å². The van der Waals surface area contributed by atoms with E-state index in [1.807, 2.05) is 6.92 Å². The van der Waals surface area contributed by atoms with Crippen LogP contribution in [-0.4, -0.2) is 22.6 Å². The van der Waals surface area contributed by atoms with Crippen LogP contribution in [0, 0.1) is 10.1 Å². The quantitative estimate of drug-likeness (QED) is 0.485. The molecule has 0 aliphatic carbocycles. The molecule has 7 heteroatoms. The lowest BCUT2D eigenvalue weighted by atomic mass is 10.3. The van der Waals surface area contributed by atoms with Crippen LogP contribution in [0.3, 0.4) is 0 Å². The summed E-state index contributed by atoms with van der Waals surface area (Å²) in [4.78, 5) is 21.9. The third-order valence-electron chi connectivity index (χ3n) is 2.85. The Balaban J connectivity index is 2.30. The minimum absolute atomic E-state index is 0.0475. The van der Waals surface area contributed by atoms with Gasteiger partial charge in [0.2, 0.25) is 0 Å². The Bertz CT molecular complexity index is 644. The number of aryl methyl sites for hydroxylation is 1. The Kier molecular flexibility index (Phi) is 3.96. The van der Waals surface area contributed by atoms with Crippen LogP contribution in [0.2, 0.25) is 0 Å². The zero-order valence-electron chi connectivity index (χ0n) is 10.6. The number of nitrogens with zero attached hydrogens (tertiary/aromatic N) is 2. The van der Waals surface area contributed by atoms with E-state index in [4.69, 9.17) is 4.42 Å². The third kappa shape index (κ3) is 2.82. The molecule has 0 aliphatic heterocycles. The molecule has 19 heavy (non-hydrogen) atoms. The molecule has 1 N–H and O–H groups in total. The summed E-state index contributed by atoms with van der Waals surface area (Å²) in [5.41, 5.74) is 0.795. The van der Waals surface area contributed by atoms with Crippen molar-refractivity contribution in [3.05, 3.63) is 38.9 Å². The van der Waals surface area contributed by atoms with Crippen LogP contribution >= 0.6 is 0 Å². The summed E-state index contributed by atoms with van der Waals surface area (Å²) in [5.74, 6) is -0.480. The number of oxazole rings is 1. The number of fused-ring (bicyclic) bond motifs is 1. The Morgan fingerprint density at radius 1 is 1.47 bits per heavy atom. The average molecular weight is 265 g/mol. The summed E-state index contributed by atoms with van der Waals surface area (Å²) in [6.07, 6.45) is 0.755. The fourth-order valence-corrected chi connectivity index (χ4v) is 1.91. The molecule has 1 heterocycles. The number of non-ortho nitro benzene ring substituents is 1. The van der Waals surface area contributed by atoms with Crippen molar-refractivity contribution in [1.29, 1.82) is 0 Å². The molecule has 2 rings (SSSR count). The summed E-state index contributed by atoms with van der Waals surface area (Å²) >= 11 is 0. The van der Waals surface area contributed by atoms with Gasteiger partial charge >= 0.3 is 5.76 Å². The van der Waals surface area contributed by atoms with Crippen LogP contribution in [0.15, 0.2) is 27.4 Å². The van der Waals surface area contributed by atoms with E-state index in [9.17, 15) is 14.9 Å². The number of benzene rings is 1. The monoisotopic (exact) mass is 265 g/mol. The average Bonchev–Trinajstić information content (AvgIpc) is 2.70. The first kappa shape index (κ1) is 13.3. The normalized spacial score (nSPS) is 11.0. The second-order valence-corrected chi connectivity index (χ2v) is 4.14. The van der Waals surface area contributed by atoms with Crippen LogP contribution < -0.4 is 11.1 Å². The molecule has 0 saturated heterocycles. The maximum Gasteiger partial charge on any atom is 0.419 e. The van der Waals surface area contributed by atoms with E-state index in [2.05, 4.69) is 5.32 Å². The fourth-order valence-electron chi connectivity index (χ4n) is 1.91. The zero-order valence-corrected chi connectivity index (χ0v) is 10.6.